The molecule has 0 saturated carbocycles. The van der Waals surface area contributed by atoms with E-state index in [1.54, 1.807) is 18.3 Å². The number of nitrogens with zero attached hydrogens (tertiary/aromatic N) is 4. The first-order valence-corrected chi connectivity index (χ1v) is 12.5. The molecule has 4 heterocycles. The molecule has 1 saturated heterocycles. The number of aryl methyl sites for hydroxylation is 2. The molecule has 5 rings (SSSR count). The molecule has 0 aliphatic carbocycles. The number of thiazole rings is 1. The van der Waals surface area contributed by atoms with E-state index in [2.05, 4.69) is 8.97 Å². The van der Waals surface area contributed by atoms with E-state index in [-0.39, 0.29) is 35.9 Å². The minimum Gasteiger partial charge on any atom is -0.456 e. The predicted molar refractivity (Wildman–Crippen MR) is 131 cm³/mol. The maximum atomic E-state index is 13.4. The highest BCUT2D eigenvalue weighted by Gasteiger charge is 2.60. The monoisotopic (exact) mass is 511 g/mol. The molecule has 2 aromatic heterocycles. The summed E-state index contributed by atoms with van der Waals surface area (Å²) in [7, 11) is 2.00. The molecule has 0 spiro atoms. The molecular weight excluding hydrogens is 484 g/mol. The van der Waals surface area contributed by atoms with Crippen molar-refractivity contribution >= 4 is 39.3 Å². The van der Waals surface area contributed by atoms with Gasteiger partial charge in [-0.15, -0.1) is 0 Å². The maximum Gasteiger partial charge on any atom is 0.355 e. The number of ether oxygens (including phenoxy) is 1. The fourth-order valence-corrected chi connectivity index (χ4v) is 6.66. The summed E-state index contributed by atoms with van der Waals surface area (Å²) in [4.78, 5) is 40.3. The molecular formula is C25H27N4O6S+. The fourth-order valence-electron chi connectivity index (χ4n) is 5.33. The highest BCUT2D eigenvalue weighted by Crippen LogP contribution is 2.51. The summed E-state index contributed by atoms with van der Waals surface area (Å²) in [5, 5.41) is 21.1. The summed E-state index contributed by atoms with van der Waals surface area (Å²) in [6.07, 6.45) is 1.16. The smallest absolute Gasteiger partial charge is 0.355 e. The Labute approximate surface area is 211 Å². The fraction of sp³-hybridized carbons (Fsp3) is 0.400. The minimum atomic E-state index is -0.833. The molecule has 11 heteroatoms. The number of carbonyl (C=O) groups excluding carboxylic acids is 2. The third-order valence-electron chi connectivity index (χ3n) is 7.47. The topological polar surface area (TPSA) is 119 Å². The highest BCUT2D eigenvalue weighted by molar-refractivity contribution is 7.18. The lowest BCUT2D eigenvalue weighted by Gasteiger charge is -2.46. The van der Waals surface area contributed by atoms with E-state index >= 15 is 0 Å². The number of nitro groups is 1. The van der Waals surface area contributed by atoms with Crippen molar-refractivity contribution in [2.75, 3.05) is 0 Å². The highest BCUT2D eigenvalue weighted by atomic mass is 32.1. The second-order valence-electron chi connectivity index (χ2n) is 9.48. The predicted octanol–water partition coefficient (Wildman–Crippen LogP) is 2.66. The quantitative estimate of drug-likeness (QED) is 0.179. The Bertz CT molecular complexity index is 1410. The number of rotatable bonds is 6. The lowest BCUT2D eigenvalue weighted by Crippen LogP contribution is -2.63. The van der Waals surface area contributed by atoms with Crippen LogP contribution in [0.4, 0.5) is 5.69 Å². The minimum absolute atomic E-state index is 0.0500. The van der Waals surface area contributed by atoms with Crippen LogP contribution in [0, 0.1) is 35.8 Å². The van der Waals surface area contributed by atoms with Crippen molar-refractivity contribution in [2.45, 2.75) is 46.4 Å². The summed E-state index contributed by atoms with van der Waals surface area (Å²) in [6, 6.07) is 5.45. The van der Waals surface area contributed by atoms with Crippen LogP contribution in [0.15, 0.2) is 36.2 Å². The van der Waals surface area contributed by atoms with Crippen LogP contribution in [0.1, 0.15) is 35.8 Å². The van der Waals surface area contributed by atoms with E-state index in [9.17, 15) is 24.8 Å². The van der Waals surface area contributed by atoms with Gasteiger partial charge >= 0.3 is 5.97 Å². The number of aliphatic hydroxyl groups is 1. The molecule has 188 valence electrons. The van der Waals surface area contributed by atoms with Gasteiger partial charge in [-0.05, 0) is 24.6 Å². The van der Waals surface area contributed by atoms with Gasteiger partial charge in [0.1, 0.15) is 18.5 Å². The number of non-ortho nitro benzene ring substituents is 1. The molecule has 1 N–H and O–H groups in total. The molecule has 0 radical (unpaired) electrons. The number of hydrogen-bond acceptors (Lipinski definition) is 7. The van der Waals surface area contributed by atoms with E-state index in [1.165, 1.54) is 29.2 Å². The van der Waals surface area contributed by atoms with Crippen LogP contribution in [0.2, 0.25) is 0 Å². The molecule has 1 fully saturated rings. The number of aromatic nitrogens is 2. The SMILES string of the molecule is Cc1c2sc(C3=C(C(=O)OCc4ccc([N+](=O)[O-])cc4)N4C(=O)[C@H]([C@@H](C)O)[C@H]4[C@H]3C)c[n+]2c(C)n1C. The molecule has 0 bridgehead atoms. The summed E-state index contributed by atoms with van der Waals surface area (Å²) in [6.45, 7) is 7.53. The van der Waals surface area contributed by atoms with Crippen LogP contribution in [-0.2, 0) is 28.0 Å². The Morgan fingerprint density at radius 2 is 1.97 bits per heavy atom. The lowest BCUT2D eigenvalue weighted by molar-refractivity contribution is -0.516. The van der Waals surface area contributed by atoms with E-state index in [0.717, 1.165) is 26.8 Å². The standard InChI is InChI=1S/C25H27N4O6S/c1-12-19(18-10-27-15(4)26(5)13(2)24(27)36-18)22(28-21(12)20(14(3)30)23(28)31)25(32)35-11-16-6-8-17(9-7-16)29(33)34/h6-10,12,14,20-21,30H,11H2,1-5H3/q+1/t12-,14+,20+,21+/m0/s1. The number of carbonyl (C=O) groups is 2. The van der Waals surface area contributed by atoms with Gasteiger partial charge in [-0.2, -0.15) is 4.40 Å². The van der Waals surface area contributed by atoms with Crippen molar-refractivity contribution in [1.29, 1.82) is 0 Å². The summed E-state index contributed by atoms with van der Waals surface area (Å²) in [5.74, 6) is -0.642. The van der Waals surface area contributed by atoms with Crippen molar-refractivity contribution in [2.24, 2.45) is 18.9 Å². The first-order valence-electron chi connectivity index (χ1n) is 11.7. The van der Waals surface area contributed by atoms with E-state index < -0.39 is 22.9 Å². The van der Waals surface area contributed by atoms with Crippen LogP contribution in [0.3, 0.4) is 0 Å². The molecule has 3 aromatic rings. The molecule has 4 atom stereocenters. The average molecular weight is 512 g/mol. The number of hydrogen-bond donors (Lipinski definition) is 1. The molecule has 1 aromatic carbocycles. The van der Waals surface area contributed by atoms with E-state index in [4.69, 9.17) is 4.74 Å². The molecule has 10 nitrogen and oxygen atoms in total. The number of imidazole rings is 1. The van der Waals surface area contributed by atoms with Crippen LogP contribution < -0.4 is 4.40 Å². The van der Waals surface area contributed by atoms with Crippen molar-refractivity contribution in [3.8, 4) is 0 Å². The number of β-lactam (4-membered cyclic amide) rings is 1. The van der Waals surface area contributed by atoms with Crippen LogP contribution in [0.5, 0.6) is 0 Å². The zero-order valence-corrected chi connectivity index (χ0v) is 21.4. The van der Waals surface area contributed by atoms with Gasteiger partial charge in [0.2, 0.25) is 10.7 Å². The second-order valence-corrected chi connectivity index (χ2v) is 10.5. The Hall–Kier alpha value is -3.57. The Morgan fingerprint density at radius 1 is 1.31 bits per heavy atom. The Kier molecular flexibility index (Phi) is 5.72. The first kappa shape index (κ1) is 24.1. The number of esters is 1. The lowest BCUT2D eigenvalue weighted by atomic mass is 9.77. The number of benzene rings is 1. The zero-order chi connectivity index (χ0) is 26.0. The van der Waals surface area contributed by atoms with Crippen LogP contribution >= 0.6 is 11.3 Å². The summed E-state index contributed by atoms with van der Waals surface area (Å²) < 4.78 is 9.78. The van der Waals surface area contributed by atoms with E-state index in [1.807, 2.05) is 34.0 Å². The zero-order valence-electron chi connectivity index (χ0n) is 20.6. The number of aliphatic hydroxyl groups excluding tert-OH is 1. The Morgan fingerprint density at radius 3 is 2.56 bits per heavy atom. The number of nitro benzene ring substituents is 1. The van der Waals surface area contributed by atoms with Crippen molar-refractivity contribution in [3.63, 3.8) is 0 Å². The van der Waals surface area contributed by atoms with E-state index in [0.29, 0.717) is 5.56 Å². The number of amides is 1. The largest absolute Gasteiger partial charge is 0.456 e. The normalized spacial score (nSPS) is 22.1. The summed E-state index contributed by atoms with van der Waals surface area (Å²) in [5.41, 5.74) is 2.59. The van der Waals surface area contributed by atoms with Crippen LogP contribution in [-0.4, -0.2) is 43.5 Å². The van der Waals surface area contributed by atoms with Gasteiger partial charge in [-0.3, -0.25) is 14.9 Å². The van der Waals surface area contributed by atoms with Gasteiger partial charge < -0.3 is 14.7 Å². The third kappa shape index (κ3) is 3.45. The van der Waals surface area contributed by atoms with Gasteiger partial charge in [0.05, 0.1) is 34.9 Å². The van der Waals surface area contributed by atoms with Crippen molar-refractivity contribution in [1.82, 2.24) is 9.47 Å². The first-order chi connectivity index (χ1) is 17.0. The van der Waals surface area contributed by atoms with Crippen molar-refractivity contribution in [3.05, 3.63) is 68.2 Å². The van der Waals surface area contributed by atoms with Gasteiger partial charge in [0.15, 0.2) is 5.69 Å². The van der Waals surface area contributed by atoms with Gasteiger partial charge in [-0.1, -0.05) is 18.3 Å². The van der Waals surface area contributed by atoms with Gasteiger partial charge in [0.25, 0.3) is 11.5 Å². The molecule has 0 unspecified atom stereocenters. The molecule has 2 aliphatic heterocycles. The van der Waals surface area contributed by atoms with Crippen molar-refractivity contribution < 1.29 is 28.8 Å². The Balaban J connectivity index is 1.52. The molecule has 2 aliphatic rings. The number of fused-ring (bicyclic) bond motifs is 2. The maximum absolute atomic E-state index is 13.4. The molecule has 1 amide bonds. The second kappa shape index (κ2) is 8.52. The third-order valence-corrected chi connectivity index (χ3v) is 8.70. The average Bonchev–Trinajstić information content (AvgIpc) is 3.43. The van der Waals surface area contributed by atoms with Gasteiger partial charge in [0, 0.05) is 37.5 Å². The van der Waals surface area contributed by atoms with Crippen LogP contribution in [0.25, 0.3) is 10.4 Å². The van der Waals surface area contributed by atoms with Gasteiger partial charge in [-0.25, -0.2) is 9.36 Å². The summed E-state index contributed by atoms with van der Waals surface area (Å²) >= 11 is 1.55. The molecule has 36 heavy (non-hydrogen) atoms.